The Balaban J connectivity index is 1.81. The van der Waals surface area contributed by atoms with E-state index in [0.717, 1.165) is 15.6 Å². The first kappa shape index (κ1) is 20.4. The summed E-state index contributed by atoms with van der Waals surface area (Å²) >= 11 is 3.48. The number of benzene rings is 2. The van der Waals surface area contributed by atoms with Gasteiger partial charge in [-0.2, -0.15) is 0 Å². The van der Waals surface area contributed by atoms with E-state index in [4.69, 9.17) is 15.2 Å². The predicted molar refractivity (Wildman–Crippen MR) is 116 cm³/mol. The quantitative estimate of drug-likeness (QED) is 0.659. The molecule has 2 N–H and O–H groups in total. The first-order chi connectivity index (χ1) is 14.5. The summed E-state index contributed by atoms with van der Waals surface area (Å²) in [4.78, 5) is 26.1. The van der Waals surface area contributed by atoms with Gasteiger partial charge in [0.15, 0.2) is 5.78 Å². The van der Waals surface area contributed by atoms with Crippen molar-refractivity contribution in [3.05, 3.63) is 93.0 Å². The lowest BCUT2D eigenvalue weighted by Crippen LogP contribution is -2.33. The summed E-state index contributed by atoms with van der Waals surface area (Å²) in [6.45, 7) is 1.93. The van der Waals surface area contributed by atoms with Gasteiger partial charge in [0.25, 0.3) is 0 Å². The highest BCUT2D eigenvalue weighted by atomic mass is 79.9. The van der Waals surface area contributed by atoms with E-state index in [1.807, 2.05) is 54.6 Å². The lowest BCUT2D eigenvalue weighted by atomic mass is 9.73. The van der Waals surface area contributed by atoms with Crippen LogP contribution in [0.1, 0.15) is 42.7 Å². The second-order valence-electron chi connectivity index (χ2n) is 7.36. The van der Waals surface area contributed by atoms with Crippen molar-refractivity contribution in [3.63, 3.8) is 0 Å². The Morgan fingerprint density at radius 1 is 1.13 bits per heavy atom. The predicted octanol–water partition coefficient (Wildman–Crippen LogP) is 4.70. The Bertz CT molecular complexity index is 1060. The number of Topliss-reactive ketones (excluding diaryl/α,β-unsaturated/α-hetero) is 1. The summed E-state index contributed by atoms with van der Waals surface area (Å²) < 4.78 is 12.0. The van der Waals surface area contributed by atoms with Crippen molar-refractivity contribution in [2.24, 2.45) is 5.73 Å². The van der Waals surface area contributed by atoms with Crippen LogP contribution in [0.5, 0.6) is 0 Å². The number of hydrogen-bond acceptors (Lipinski definition) is 5. The molecule has 0 unspecified atom stereocenters. The molecule has 1 heterocycles. The van der Waals surface area contributed by atoms with Gasteiger partial charge in [0.2, 0.25) is 5.88 Å². The maximum atomic E-state index is 13.3. The Kier molecular flexibility index (Phi) is 5.77. The maximum Gasteiger partial charge on any atom is 0.340 e. The van der Waals surface area contributed by atoms with Crippen molar-refractivity contribution in [3.8, 4) is 0 Å². The van der Waals surface area contributed by atoms with Gasteiger partial charge in [0, 0.05) is 22.9 Å². The normalized spacial score (nSPS) is 21.2. The number of ether oxygens (including phenoxy) is 2. The summed E-state index contributed by atoms with van der Waals surface area (Å²) in [6.07, 6.45) is 0.902. The van der Waals surface area contributed by atoms with Crippen LogP contribution in [0.4, 0.5) is 0 Å². The average Bonchev–Trinajstić information content (AvgIpc) is 2.73. The number of hydrogen-bond donors (Lipinski definition) is 1. The lowest BCUT2D eigenvalue weighted by molar-refractivity contribution is -0.139. The minimum Gasteiger partial charge on any atom is -0.462 e. The zero-order valence-electron chi connectivity index (χ0n) is 16.6. The van der Waals surface area contributed by atoms with Gasteiger partial charge in [-0.3, -0.25) is 4.79 Å². The van der Waals surface area contributed by atoms with Gasteiger partial charge in [0.05, 0.1) is 12.5 Å². The van der Waals surface area contributed by atoms with E-state index in [1.165, 1.54) is 0 Å². The fourth-order valence-corrected chi connectivity index (χ4v) is 4.61. The minimum absolute atomic E-state index is 0.00122. The topological polar surface area (TPSA) is 78.6 Å². The van der Waals surface area contributed by atoms with E-state index in [9.17, 15) is 9.59 Å². The van der Waals surface area contributed by atoms with Crippen LogP contribution in [-0.4, -0.2) is 18.4 Å². The summed E-state index contributed by atoms with van der Waals surface area (Å²) in [5.74, 6) is -0.671. The molecule has 0 bridgehead atoms. The van der Waals surface area contributed by atoms with E-state index in [1.54, 1.807) is 6.92 Å². The van der Waals surface area contributed by atoms with Gasteiger partial charge in [0.1, 0.15) is 11.3 Å². The first-order valence-electron chi connectivity index (χ1n) is 9.90. The monoisotopic (exact) mass is 467 g/mol. The number of allylic oxidation sites excluding steroid dienone is 2. The molecule has 0 fully saturated rings. The number of halogens is 1. The Hall–Kier alpha value is -2.86. The van der Waals surface area contributed by atoms with Crippen LogP contribution in [0.25, 0.3) is 0 Å². The van der Waals surface area contributed by atoms with Crippen LogP contribution >= 0.6 is 15.9 Å². The summed E-state index contributed by atoms with van der Waals surface area (Å²) in [5, 5.41) is 0. The number of ketones is 1. The SMILES string of the molecule is CCOC(=O)C1=C(N)OC2=C(C(=O)C[C@@H](c3ccccc3)C2)[C@H]1c1cccc(Br)c1. The van der Waals surface area contributed by atoms with Crippen LogP contribution in [-0.2, 0) is 19.1 Å². The number of carbonyl (C=O) groups is 2. The van der Waals surface area contributed by atoms with Gasteiger partial charge in [-0.15, -0.1) is 0 Å². The second-order valence-corrected chi connectivity index (χ2v) is 8.28. The molecule has 2 aliphatic rings. The maximum absolute atomic E-state index is 13.3. The van der Waals surface area contributed by atoms with Crippen molar-refractivity contribution in [2.75, 3.05) is 6.61 Å². The van der Waals surface area contributed by atoms with Gasteiger partial charge < -0.3 is 15.2 Å². The van der Waals surface area contributed by atoms with E-state index in [0.29, 0.717) is 24.2 Å². The Labute approximate surface area is 183 Å². The molecule has 1 aliphatic carbocycles. The highest BCUT2D eigenvalue weighted by Gasteiger charge is 2.43. The molecule has 0 amide bonds. The molecule has 0 saturated heterocycles. The zero-order valence-corrected chi connectivity index (χ0v) is 18.1. The van der Waals surface area contributed by atoms with Crippen LogP contribution in [0.2, 0.25) is 0 Å². The number of nitrogens with two attached hydrogens (primary N) is 1. The molecule has 30 heavy (non-hydrogen) atoms. The van der Waals surface area contributed by atoms with E-state index < -0.39 is 11.9 Å². The molecular weight excluding hydrogens is 446 g/mol. The van der Waals surface area contributed by atoms with Crippen molar-refractivity contribution in [2.45, 2.75) is 31.6 Å². The van der Waals surface area contributed by atoms with Gasteiger partial charge in [-0.05, 0) is 36.1 Å². The van der Waals surface area contributed by atoms with Gasteiger partial charge in [-0.1, -0.05) is 58.4 Å². The summed E-state index contributed by atoms with van der Waals surface area (Å²) in [7, 11) is 0. The third kappa shape index (κ3) is 3.79. The van der Waals surface area contributed by atoms with E-state index >= 15 is 0 Å². The zero-order chi connectivity index (χ0) is 21.3. The standard InChI is InChI=1S/C24H22BrNO4/c1-2-29-24(28)22-20(15-9-6-10-17(25)11-15)21-18(27)12-16(13-19(21)30-23(22)26)14-7-4-3-5-8-14/h3-11,16,20H,2,12-13,26H2,1H3/t16-,20-/m1/s1. The molecular formula is C24H22BrNO4. The van der Waals surface area contributed by atoms with Crippen LogP contribution in [0.15, 0.2) is 81.9 Å². The second kappa shape index (κ2) is 8.48. The largest absolute Gasteiger partial charge is 0.462 e. The van der Waals surface area contributed by atoms with Crippen molar-refractivity contribution >= 4 is 27.7 Å². The fourth-order valence-electron chi connectivity index (χ4n) is 4.20. The number of carbonyl (C=O) groups excluding carboxylic acids is 2. The van der Waals surface area contributed by atoms with Gasteiger partial charge in [-0.25, -0.2) is 4.79 Å². The Morgan fingerprint density at radius 3 is 2.57 bits per heavy atom. The third-order valence-electron chi connectivity index (χ3n) is 5.49. The molecule has 0 aromatic heterocycles. The number of esters is 1. The smallest absolute Gasteiger partial charge is 0.340 e. The molecule has 5 nitrogen and oxygen atoms in total. The molecule has 2 aromatic carbocycles. The molecule has 0 spiro atoms. The molecule has 0 saturated carbocycles. The lowest BCUT2D eigenvalue weighted by Gasteiger charge is -2.35. The van der Waals surface area contributed by atoms with E-state index in [-0.39, 0.29) is 29.8 Å². The third-order valence-corrected chi connectivity index (χ3v) is 5.98. The fraction of sp³-hybridized carbons (Fsp3) is 0.250. The molecule has 2 aromatic rings. The van der Waals surface area contributed by atoms with Crippen LogP contribution in [0.3, 0.4) is 0 Å². The summed E-state index contributed by atoms with van der Waals surface area (Å²) in [6, 6.07) is 17.4. The highest BCUT2D eigenvalue weighted by Crippen LogP contribution is 2.47. The van der Waals surface area contributed by atoms with Crippen molar-refractivity contribution in [1.29, 1.82) is 0 Å². The molecule has 0 radical (unpaired) electrons. The van der Waals surface area contributed by atoms with Gasteiger partial charge >= 0.3 is 5.97 Å². The minimum atomic E-state index is -0.616. The van der Waals surface area contributed by atoms with Crippen molar-refractivity contribution in [1.82, 2.24) is 0 Å². The molecule has 1 aliphatic heterocycles. The molecule has 2 atom stereocenters. The van der Waals surface area contributed by atoms with E-state index in [2.05, 4.69) is 15.9 Å². The molecule has 4 rings (SSSR count). The molecule has 154 valence electrons. The van der Waals surface area contributed by atoms with Crippen LogP contribution in [0, 0.1) is 0 Å². The Morgan fingerprint density at radius 2 is 1.87 bits per heavy atom. The number of rotatable bonds is 4. The highest BCUT2D eigenvalue weighted by molar-refractivity contribution is 9.10. The first-order valence-corrected chi connectivity index (χ1v) is 10.7. The summed E-state index contributed by atoms with van der Waals surface area (Å²) in [5.41, 5.74) is 8.76. The average molecular weight is 468 g/mol. The van der Waals surface area contributed by atoms with Crippen LogP contribution < -0.4 is 5.73 Å². The molecule has 6 heteroatoms. The van der Waals surface area contributed by atoms with Crippen molar-refractivity contribution < 1.29 is 19.1 Å².